The molecule has 0 radical (unpaired) electrons. The molecule has 0 aliphatic heterocycles. The Morgan fingerprint density at radius 2 is 1.74 bits per heavy atom. The van der Waals surface area contributed by atoms with E-state index in [9.17, 15) is 4.79 Å². The quantitative estimate of drug-likeness (QED) is 0.475. The monoisotopic (exact) mass is 468 g/mol. The Balaban J connectivity index is 2.13. The zero-order valence-electron chi connectivity index (χ0n) is 21.7. The molecule has 2 aromatic rings. The Labute approximate surface area is 204 Å². The Morgan fingerprint density at radius 3 is 2.35 bits per heavy atom. The van der Waals surface area contributed by atoms with E-state index in [0.717, 1.165) is 47.9 Å². The van der Waals surface area contributed by atoms with Gasteiger partial charge in [0.15, 0.2) is 11.5 Å². The predicted octanol–water partition coefficient (Wildman–Crippen LogP) is 5.57. The summed E-state index contributed by atoms with van der Waals surface area (Å²) < 4.78 is 17.1. The molecule has 2 atom stereocenters. The van der Waals surface area contributed by atoms with Crippen LogP contribution in [0, 0.1) is 5.92 Å². The van der Waals surface area contributed by atoms with Crippen LogP contribution in [-0.2, 0) is 6.42 Å². The number of fused-ring (bicyclic) bond motifs is 3. The van der Waals surface area contributed by atoms with Crippen LogP contribution in [0.4, 0.5) is 5.69 Å². The first-order valence-corrected chi connectivity index (χ1v) is 12.3. The van der Waals surface area contributed by atoms with Crippen LogP contribution in [0.5, 0.6) is 17.2 Å². The van der Waals surface area contributed by atoms with E-state index in [-0.39, 0.29) is 17.5 Å². The smallest absolute Gasteiger partial charge is 0.203 e. The van der Waals surface area contributed by atoms with Crippen LogP contribution in [0.25, 0.3) is 11.1 Å². The van der Waals surface area contributed by atoms with Crippen molar-refractivity contribution in [2.75, 3.05) is 33.7 Å². The van der Waals surface area contributed by atoms with Crippen LogP contribution in [-0.4, -0.2) is 34.4 Å². The predicted molar refractivity (Wildman–Crippen MR) is 140 cm³/mol. The van der Waals surface area contributed by atoms with E-state index in [2.05, 4.69) is 31.4 Å². The van der Waals surface area contributed by atoms with Gasteiger partial charge in [-0.15, -0.1) is 0 Å². The van der Waals surface area contributed by atoms with Crippen molar-refractivity contribution in [1.29, 1.82) is 0 Å². The van der Waals surface area contributed by atoms with Gasteiger partial charge in [0, 0.05) is 17.6 Å². The summed E-state index contributed by atoms with van der Waals surface area (Å²) in [6.07, 6.45) is 5.04. The summed E-state index contributed by atoms with van der Waals surface area (Å²) in [6.45, 7) is 6.63. The Bertz CT molecular complexity index is 1050. The molecule has 34 heavy (non-hydrogen) atoms. The zero-order chi connectivity index (χ0) is 24.8. The van der Waals surface area contributed by atoms with Crippen molar-refractivity contribution in [1.82, 2.24) is 5.32 Å². The minimum absolute atomic E-state index is 0.0000955. The molecule has 6 heteroatoms. The lowest BCUT2D eigenvalue weighted by molar-refractivity contribution is 0.324. The number of methoxy groups -OCH3 is 3. The lowest BCUT2D eigenvalue weighted by Gasteiger charge is -2.19. The molecular formula is C28H40N2O4. The summed E-state index contributed by atoms with van der Waals surface area (Å²) in [5, 5.41) is 6.87. The molecular weight excluding hydrogens is 428 g/mol. The molecule has 2 unspecified atom stereocenters. The molecule has 1 aliphatic rings. The first-order valence-electron chi connectivity index (χ1n) is 12.3. The second-order valence-electron chi connectivity index (χ2n) is 9.55. The summed E-state index contributed by atoms with van der Waals surface area (Å²) in [5.74, 6) is 2.52. The lowest BCUT2D eigenvalue weighted by atomic mass is 9.95. The van der Waals surface area contributed by atoms with Crippen molar-refractivity contribution in [2.45, 2.75) is 65.0 Å². The second-order valence-corrected chi connectivity index (χ2v) is 9.55. The molecule has 0 heterocycles. The Hall–Kier alpha value is -2.73. The van der Waals surface area contributed by atoms with Crippen LogP contribution in [0.1, 0.15) is 63.6 Å². The molecule has 2 aromatic carbocycles. The minimum Gasteiger partial charge on any atom is -0.493 e. The maximum absolute atomic E-state index is 13.3. The summed E-state index contributed by atoms with van der Waals surface area (Å²) in [5.41, 5.74) is 4.64. The highest BCUT2D eigenvalue weighted by molar-refractivity contribution is 5.83. The SMILES string of the molecule is CNC1CCc2cc(OC)c(OC)c(OC)c2-c2ccc(NC(C)CCCC(C)C)c(=O)cc21. The van der Waals surface area contributed by atoms with Crippen molar-refractivity contribution in [3.05, 3.63) is 45.6 Å². The average molecular weight is 469 g/mol. The highest BCUT2D eigenvalue weighted by atomic mass is 16.5. The van der Waals surface area contributed by atoms with Crippen LogP contribution >= 0.6 is 0 Å². The maximum atomic E-state index is 13.3. The van der Waals surface area contributed by atoms with Gasteiger partial charge in [-0.2, -0.15) is 0 Å². The summed E-state index contributed by atoms with van der Waals surface area (Å²) in [6, 6.07) is 8.03. The van der Waals surface area contributed by atoms with Crippen molar-refractivity contribution in [3.8, 4) is 28.4 Å². The molecule has 1 aliphatic carbocycles. The van der Waals surface area contributed by atoms with Gasteiger partial charge in [-0.05, 0) is 74.0 Å². The van der Waals surface area contributed by atoms with Gasteiger partial charge in [-0.1, -0.05) is 32.8 Å². The van der Waals surface area contributed by atoms with Gasteiger partial charge in [0.05, 0.1) is 27.0 Å². The van der Waals surface area contributed by atoms with Crippen LogP contribution in [0.2, 0.25) is 0 Å². The third-order valence-electron chi connectivity index (χ3n) is 6.71. The van der Waals surface area contributed by atoms with Crippen LogP contribution in [0.15, 0.2) is 29.1 Å². The van der Waals surface area contributed by atoms with E-state index in [1.807, 2.05) is 25.2 Å². The highest BCUT2D eigenvalue weighted by Gasteiger charge is 2.28. The van der Waals surface area contributed by atoms with Gasteiger partial charge in [-0.3, -0.25) is 4.79 Å². The summed E-state index contributed by atoms with van der Waals surface area (Å²) in [7, 11) is 6.83. The highest BCUT2D eigenvalue weighted by Crippen LogP contribution is 2.50. The molecule has 0 amide bonds. The van der Waals surface area contributed by atoms with Crippen molar-refractivity contribution in [2.24, 2.45) is 5.92 Å². The van der Waals surface area contributed by atoms with E-state index in [0.29, 0.717) is 28.9 Å². The Morgan fingerprint density at radius 1 is 1.00 bits per heavy atom. The molecule has 186 valence electrons. The normalized spacial score (nSPS) is 15.7. The van der Waals surface area contributed by atoms with Crippen molar-refractivity contribution < 1.29 is 14.2 Å². The molecule has 2 N–H and O–H groups in total. The van der Waals surface area contributed by atoms with Crippen molar-refractivity contribution in [3.63, 3.8) is 0 Å². The number of hydrogen-bond acceptors (Lipinski definition) is 6. The number of benzene rings is 1. The molecule has 3 rings (SSSR count). The number of ether oxygens (including phenoxy) is 3. The number of nitrogens with one attached hydrogen (secondary N) is 2. The molecule has 6 nitrogen and oxygen atoms in total. The number of rotatable bonds is 10. The minimum atomic E-state index is 0.0000955. The van der Waals surface area contributed by atoms with Crippen LogP contribution < -0.4 is 30.3 Å². The lowest BCUT2D eigenvalue weighted by Crippen LogP contribution is -2.20. The first kappa shape index (κ1) is 25.9. The molecule has 0 saturated heterocycles. The third kappa shape index (κ3) is 5.49. The number of hydrogen-bond donors (Lipinski definition) is 2. The van der Waals surface area contributed by atoms with Gasteiger partial charge in [0.2, 0.25) is 11.2 Å². The van der Waals surface area contributed by atoms with Gasteiger partial charge in [-0.25, -0.2) is 0 Å². The number of anilines is 1. The van der Waals surface area contributed by atoms with E-state index < -0.39 is 0 Å². The third-order valence-corrected chi connectivity index (χ3v) is 6.71. The van der Waals surface area contributed by atoms with E-state index in [4.69, 9.17) is 14.2 Å². The van der Waals surface area contributed by atoms with Gasteiger partial charge in [0.25, 0.3) is 0 Å². The fraction of sp³-hybridized carbons (Fsp3) is 0.536. The van der Waals surface area contributed by atoms with Gasteiger partial charge >= 0.3 is 0 Å². The standard InChI is InChI=1S/C28H40N2O4/c1-17(2)9-8-10-18(3)30-23-14-12-20-21(16-24(23)31)22(29-4)13-11-19-15-25(32-5)27(33-6)28(34-7)26(19)20/h12,14-18,22,29H,8-11,13H2,1-7H3,(H,30,31). The topological polar surface area (TPSA) is 68.8 Å². The van der Waals surface area contributed by atoms with Gasteiger partial charge in [0.1, 0.15) is 0 Å². The zero-order valence-corrected chi connectivity index (χ0v) is 21.7. The molecule has 0 bridgehead atoms. The fourth-order valence-electron chi connectivity index (χ4n) is 4.90. The van der Waals surface area contributed by atoms with E-state index in [1.165, 1.54) is 6.42 Å². The summed E-state index contributed by atoms with van der Waals surface area (Å²) in [4.78, 5) is 13.3. The Kier molecular flexibility index (Phi) is 8.84. The van der Waals surface area contributed by atoms with Gasteiger partial charge < -0.3 is 24.8 Å². The molecule has 0 aromatic heterocycles. The van der Waals surface area contributed by atoms with Crippen LogP contribution in [0.3, 0.4) is 0 Å². The summed E-state index contributed by atoms with van der Waals surface area (Å²) >= 11 is 0. The maximum Gasteiger partial charge on any atom is 0.203 e. The number of aryl methyl sites for hydroxylation is 1. The average Bonchev–Trinajstić information content (AvgIpc) is 3.06. The largest absolute Gasteiger partial charge is 0.493 e. The van der Waals surface area contributed by atoms with E-state index >= 15 is 0 Å². The second kappa shape index (κ2) is 11.6. The van der Waals surface area contributed by atoms with E-state index in [1.54, 1.807) is 27.4 Å². The molecule has 0 fully saturated rings. The fourth-order valence-corrected chi connectivity index (χ4v) is 4.90. The molecule has 0 saturated carbocycles. The van der Waals surface area contributed by atoms with Crippen molar-refractivity contribution >= 4 is 5.69 Å². The molecule has 0 spiro atoms. The first-order chi connectivity index (χ1) is 16.3.